The Morgan fingerprint density at radius 2 is 1.91 bits per heavy atom. The van der Waals surface area contributed by atoms with E-state index in [1.807, 2.05) is 25.1 Å². The summed E-state index contributed by atoms with van der Waals surface area (Å²) in [6, 6.07) is 11.3. The summed E-state index contributed by atoms with van der Waals surface area (Å²) in [4.78, 5) is 8.86. The van der Waals surface area contributed by atoms with Gasteiger partial charge in [-0.3, -0.25) is 0 Å². The van der Waals surface area contributed by atoms with Gasteiger partial charge >= 0.3 is 0 Å². The molecule has 5 heteroatoms. The number of hydrogen-bond acceptors (Lipinski definition) is 5. The van der Waals surface area contributed by atoms with Crippen LogP contribution in [0.15, 0.2) is 30.3 Å². The zero-order valence-electron chi connectivity index (χ0n) is 13.1. The van der Waals surface area contributed by atoms with Gasteiger partial charge in [0, 0.05) is 24.0 Å². The van der Waals surface area contributed by atoms with Crippen LogP contribution in [-0.2, 0) is 0 Å². The summed E-state index contributed by atoms with van der Waals surface area (Å²) in [6.45, 7) is 5.05. The summed E-state index contributed by atoms with van der Waals surface area (Å²) in [5.41, 5.74) is 2.40. The highest BCUT2D eigenvalue weighted by atomic mass is 15.1. The molecule has 0 spiro atoms. The van der Waals surface area contributed by atoms with Crippen molar-refractivity contribution in [2.24, 2.45) is 0 Å². The zero-order chi connectivity index (χ0) is 15.8. The van der Waals surface area contributed by atoms with E-state index in [2.05, 4.69) is 33.6 Å². The van der Waals surface area contributed by atoms with E-state index in [0.717, 1.165) is 30.2 Å². The topological polar surface area (TPSA) is 73.6 Å². The molecular formula is C17H21N5. The molecule has 114 valence electrons. The molecule has 2 aromatic rings. The minimum Gasteiger partial charge on any atom is -0.370 e. The largest absolute Gasteiger partial charge is 0.370 e. The summed E-state index contributed by atoms with van der Waals surface area (Å²) in [7, 11) is 0. The van der Waals surface area contributed by atoms with Gasteiger partial charge in [0.2, 0.25) is 5.95 Å². The van der Waals surface area contributed by atoms with E-state index in [-0.39, 0.29) is 0 Å². The predicted molar refractivity (Wildman–Crippen MR) is 89.2 cm³/mol. The van der Waals surface area contributed by atoms with Crippen molar-refractivity contribution < 1.29 is 0 Å². The van der Waals surface area contributed by atoms with E-state index >= 15 is 0 Å². The third kappa shape index (κ3) is 4.74. The van der Waals surface area contributed by atoms with Crippen molar-refractivity contribution in [3.63, 3.8) is 0 Å². The van der Waals surface area contributed by atoms with E-state index in [4.69, 9.17) is 5.26 Å². The molecular weight excluding hydrogens is 274 g/mol. The number of aryl methyl sites for hydroxylation is 1. The number of unbranched alkanes of at least 4 members (excludes halogenated alkanes) is 2. The highest BCUT2D eigenvalue weighted by Crippen LogP contribution is 2.16. The molecule has 2 N–H and O–H groups in total. The maximum Gasteiger partial charge on any atom is 0.229 e. The van der Waals surface area contributed by atoms with Crippen LogP contribution >= 0.6 is 0 Å². The smallest absolute Gasteiger partial charge is 0.229 e. The molecule has 0 bridgehead atoms. The van der Waals surface area contributed by atoms with Crippen LogP contribution in [0.4, 0.5) is 17.5 Å². The molecule has 0 unspecified atom stereocenters. The summed E-state index contributed by atoms with van der Waals surface area (Å²) in [5.74, 6) is 1.39. The summed E-state index contributed by atoms with van der Waals surface area (Å²) in [6.07, 6.45) is 3.56. The molecule has 2 rings (SSSR count). The quantitative estimate of drug-likeness (QED) is 0.755. The molecule has 0 fully saturated rings. The van der Waals surface area contributed by atoms with Crippen LogP contribution in [0.5, 0.6) is 0 Å². The number of nitrogens with zero attached hydrogens (tertiary/aromatic N) is 3. The highest BCUT2D eigenvalue weighted by Gasteiger charge is 2.03. The van der Waals surface area contributed by atoms with Gasteiger partial charge < -0.3 is 10.6 Å². The lowest BCUT2D eigenvalue weighted by Gasteiger charge is -2.10. The maximum atomic E-state index is 8.81. The van der Waals surface area contributed by atoms with Crippen molar-refractivity contribution in [2.75, 3.05) is 17.2 Å². The maximum absolute atomic E-state index is 8.81. The molecule has 1 aromatic heterocycles. The third-order valence-electron chi connectivity index (χ3n) is 3.21. The fraction of sp³-hybridized carbons (Fsp3) is 0.353. The van der Waals surface area contributed by atoms with E-state index in [9.17, 15) is 0 Å². The Balaban J connectivity index is 2.03. The molecule has 0 aliphatic rings. The van der Waals surface area contributed by atoms with Gasteiger partial charge in [0.15, 0.2) is 0 Å². The minimum absolute atomic E-state index is 0.558. The lowest BCUT2D eigenvalue weighted by atomic mass is 10.2. The zero-order valence-corrected chi connectivity index (χ0v) is 13.1. The first-order chi connectivity index (χ1) is 10.7. The lowest BCUT2D eigenvalue weighted by Crippen LogP contribution is -2.06. The first kappa shape index (κ1) is 15.8. The average Bonchev–Trinajstić information content (AvgIpc) is 2.52. The second-order valence-corrected chi connectivity index (χ2v) is 5.17. The van der Waals surface area contributed by atoms with Crippen LogP contribution in [0.25, 0.3) is 0 Å². The number of rotatable bonds is 7. The predicted octanol–water partition coefficient (Wildman–Crippen LogP) is 4.00. The van der Waals surface area contributed by atoms with Gasteiger partial charge in [-0.15, -0.1) is 0 Å². The van der Waals surface area contributed by atoms with Crippen molar-refractivity contribution in [2.45, 2.75) is 33.1 Å². The lowest BCUT2D eigenvalue weighted by molar-refractivity contribution is 0.742. The first-order valence-electron chi connectivity index (χ1n) is 7.58. The van der Waals surface area contributed by atoms with Gasteiger partial charge in [-0.2, -0.15) is 10.2 Å². The summed E-state index contributed by atoms with van der Waals surface area (Å²) >= 11 is 0. The number of hydrogen-bond donors (Lipinski definition) is 2. The van der Waals surface area contributed by atoms with E-state index < -0.39 is 0 Å². The summed E-state index contributed by atoms with van der Waals surface area (Å²) in [5, 5.41) is 15.3. The van der Waals surface area contributed by atoms with Crippen LogP contribution in [0.1, 0.15) is 37.4 Å². The third-order valence-corrected chi connectivity index (χ3v) is 3.21. The first-order valence-corrected chi connectivity index (χ1v) is 7.58. The van der Waals surface area contributed by atoms with Crippen molar-refractivity contribution >= 4 is 17.5 Å². The monoisotopic (exact) mass is 295 g/mol. The van der Waals surface area contributed by atoms with Crippen molar-refractivity contribution in [3.8, 4) is 6.07 Å². The van der Waals surface area contributed by atoms with Gasteiger partial charge in [0.25, 0.3) is 0 Å². The highest BCUT2D eigenvalue weighted by molar-refractivity contribution is 5.56. The van der Waals surface area contributed by atoms with Gasteiger partial charge in [-0.25, -0.2) is 4.98 Å². The van der Waals surface area contributed by atoms with Gasteiger partial charge in [0.1, 0.15) is 5.82 Å². The number of benzene rings is 1. The van der Waals surface area contributed by atoms with E-state index in [1.54, 1.807) is 12.1 Å². The minimum atomic E-state index is 0.558. The molecule has 1 aromatic carbocycles. The fourth-order valence-corrected chi connectivity index (χ4v) is 2.06. The Bertz CT molecular complexity index is 643. The standard InChI is InChI=1S/C17H21N5/c1-3-4-5-10-19-16-11-13(2)20-17(22-16)21-15-8-6-14(12-18)7-9-15/h6-9,11H,3-5,10H2,1-2H3,(H2,19,20,21,22). The Kier molecular flexibility index (Phi) is 5.73. The Morgan fingerprint density at radius 1 is 1.14 bits per heavy atom. The van der Waals surface area contributed by atoms with Crippen LogP contribution in [-0.4, -0.2) is 16.5 Å². The molecule has 5 nitrogen and oxygen atoms in total. The second-order valence-electron chi connectivity index (χ2n) is 5.17. The Hall–Kier alpha value is -2.61. The van der Waals surface area contributed by atoms with Gasteiger partial charge in [-0.1, -0.05) is 19.8 Å². The van der Waals surface area contributed by atoms with E-state index in [0.29, 0.717) is 11.5 Å². The van der Waals surface area contributed by atoms with Crippen LogP contribution in [0, 0.1) is 18.3 Å². The molecule has 0 aliphatic carbocycles. The molecule has 1 heterocycles. The molecule has 0 radical (unpaired) electrons. The normalized spacial score (nSPS) is 10.0. The Morgan fingerprint density at radius 3 is 2.59 bits per heavy atom. The SMILES string of the molecule is CCCCCNc1cc(C)nc(Nc2ccc(C#N)cc2)n1. The molecule has 0 amide bonds. The van der Waals surface area contributed by atoms with Crippen LogP contribution in [0.3, 0.4) is 0 Å². The van der Waals surface area contributed by atoms with Crippen molar-refractivity contribution in [1.82, 2.24) is 9.97 Å². The molecule has 0 saturated carbocycles. The van der Waals surface area contributed by atoms with E-state index in [1.165, 1.54) is 12.8 Å². The Labute approximate surface area is 131 Å². The molecule has 0 atom stereocenters. The average molecular weight is 295 g/mol. The van der Waals surface area contributed by atoms with Crippen LogP contribution in [0.2, 0.25) is 0 Å². The molecule has 0 aliphatic heterocycles. The summed E-state index contributed by atoms with van der Waals surface area (Å²) < 4.78 is 0. The van der Waals surface area contributed by atoms with Crippen molar-refractivity contribution in [3.05, 3.63) is 41.6 Å². The number of aromatic nitrogens is 2. The fourth-order valence-electron chi connectivity index (χ4n) is 2.06. The number of nitrogens with one attached hydrogen (secondary N) is 2. The number of nitriles is 1. The second kappa shape index (κ2) is 7.99. The number of anilines is 3. The molecule has 0 saturated heterocycles. The van der Waals surface area contributed by atoms with Crippen molar-refractivity contribution in [1.29, 1.82) is 5.26 Å². The van der Waals surface area contributed by atoms with Gasteiger partial charge in [0.05, 0.1) is 11.6 Å². The van der Waals surface area contributed by atoms with Gasteiger partial charge in [-0.05, 0) is 37.6 Å². The van der Waals surface area contributed by atoms with Crippen LogP contribution < -0.4 is 10.6 Å². The molecule has 22 heavy (non-hydrogen) atoms.